The summed E-state index contributed by atoms with van der Waals surface area (Å²) < 4.78 is 13.9. The Hall–Kier alpha value is -3.27. The van der Waals surface area contributed by atoms with Gasteiger partial charge >= 0.3 is 0 Å². The normalized spacial score (nSPS) is 13.2. The van der Waals surface area contributed by atoms with Crippen molar-refractivity contribution in [3.8, 4) is 0 Å². The zero-order chi connectivity index (χ0) is 18.1. The van der Waals surface area contributed by atoms with Crippen molar-refractivity contribution in [3.63, 3.8) is 0 Å². The Kier molecular flexibility index (Phi) is 4.09. The monoisotopic (exact) mass is 343 g/mol. The minimum absolute atomic E-state index is 0.308. The van der Waals surface area contributed by atoms with E-state index >= 15 is 0 Å². The third-order valence-corrected chi connectivity index (χ3v) is 4.37. The molecule has 1 heterocycles. The van der Waals surface area contributed by atoms with E-state index in [4.69, 9.17) is 4.99 Å². The van der Waals surface area contributed by atoms with E-state index in [0.29, 0.717) is 22.8 Å². The molecule has 0 spiro atoms. The van der Waals surface area contributed by atoms with Crippen LogP contribution in [0, 0.1) is 19.7 Å². The molecule has 0 saturated heterocycles. The van der Waals surface area contributed by atoms with Gasteiger partial charge in [-0.1, -0.05) is 59.7 Å². The molecule has 3 nitrogen and oxygen atoms in total. The summed E-state index contributed by atoms with van der Waals surface area (Å²) in [5.74, 6) is 0.331. The van der Waals surface area contributed by atoms with Crippen LogP contribution in [0.2, 0.25) is 0 Å². The zero-order valence-corrected chi connectivity index (χ0v) is 14.6. The lowest BCUT2D eigenvalue weighted by Crippen LogP contribution is -2.19. The summed E-state index contributed by atoms with van der Waals surface area (Å²) in [4.78, 5) is 4.70. The molecule has 0 atom stereocenters. The van der Waals surface area contributed by atoms with Crippen LogP contribution >= 0.6 is 0 Å². The second-order valence-corrected chi connectivity index (χ2v) is 6.43. The molecule has 0 amide bonds. The van der Waals surface area contributed by atoms with E-state index in [1.165, 1.54) is 17.7 Å². The highest BCUT2D eigenvalue weighted by Crippen LogP contribution is 2.26. The van der Waals surface area contributed by atoms with E-state index in [0.717, 1.165) is 16.7 Å². The van der Waals surface area contributed by atoms with E-state index in [-0.39, 0.29) is 5.82 Å². The molecular weight excluding hydrogens is 325 g/mol. The molecule has 0 fully saturated rings. The van der Waals surface area contributed by atoms with Gasteiger partial charge in [0.25, 0.3) is 0 Å². The average Bonchev–Trinajstić information content (AvgIpc) is 2.83. The zero-order valence-electron chi connectivity index (χ0n) is 14.6. The predicted octanol–water partition coefficient (Wildman–Crippen LogP) is 4.88. The summed E-state index contributed by atoms with van der Waals surface area (Å²) in [5, 5.41) is 4.56. The van der Waals surface area contributed by atoms with Gasteiger partial charge in [-0.05, 0) is 32.0 Å². The Morgan fingerprint density at radius 3 is 2.04 bits per heavy atom. The van der Waals surface area contributed by atoms with Crippen LogP contribution in [0.15, 0.2) is 76.8 Å². The maximum Gasteiger partial charge on any atom is 0.154 e. The minimum Gasteiger partial charge on any atom is -0.260 e. The number of benzene rings is 3. The third kappa shape index (κ3) is 3.14. The number of aliphatic imine (C=N–C) groups is 1. The second kappa shape index (κ2) is 6.56. The molecule has 1 aliphatic heterocycles. The number of nitrogens with one attached hydrogen (secondary N) is 1. The third-order valence-electron chi connectivity index (χ3n) is 4.37. The van der Waals surface area contributed by atoms with E-state index in [9.17, 15) is 4.39 Å². The van der Waals surface area contributed by atoms with E-state index in [1.54, 1.807) is 6.07 Å². The van der Waals surface area contributed by atoms with Crippen LogP contribution in [0.1, 0.15) is 27.8 Å². The number of nitrogens with zero attached hydrogens (tertiary/aromatic N) is 2. The van der Waals surface area contributed by atoms with Gasteiger partial charge in [0, 0.05) is 16.7 Å². The molecule has 0 aliphatic carbocycles. The second-order valence-electron chi connectivity index (χ2n) is 6.43. The smallest absolute Gasteiger partial charge is 0.154 e. The first kappa shape index (κ1) is 16.2. The van der Waals surface area contributed by atoms with Crippen LogP contribution in [-0.4, -0.2) is 11.5 Å². The molecule has 0 saturated carbocycles. The van der Waals surface area contributed by atoms with Gasteiger partial charge in [0.2, 0.25) is 0 Å². The fourth-order valence-electron chi connectivity index (χ4n) is 2.88. The quantitative estimate of drug-likeness (QED) is 0.708. The number of hydrogen-bond acceptors (Lipinski definition) is 3. The predicted molar refractivity (Wildman–Crippen MR) is 104 cm³/mol. The van der Waals surface area contributed by atoms with Crippen LogP contribution in [0.5, 0.6) is 0 Å². The topological polar surface area (TPSA) is 36.8 Å². The van der Waals surface area contributed by atoms with Crippen LogP contribution in [0.3, 0.4) is 0 Å². The standard InChI is InChI=1S/C22H18FN3/c1-14-3-7-16(8-4-14)21-19-13-18(23)11-12-20(19)24-22(26-25-21)17-9-5-15(2)6-10-17/h3-13H,1-2H3,(H,24,26). The fourth-order valence-corrected chi connectivity index (χ4v) is 2.88. The first-order valence-corrected chi connectivity index (χ1v) is 8.46. The lowest BCUT2D eigenvalue weighted by molar-refractivity contribution is 0.627. The number of fused-ring (bicyclic) bond motifs is 1. The van der Waals surface area contributed by atoms with E-state index in [2.05, 4.69) is 10.5 Å². The maximum absolute atomic E-state index is 13.9. The van der Waals surface area contributed by atoms with Crippen molar-refractivity contribution >= 4 is 17.2 Å². The molecule has 0 radical (unpaired) electrons. The number of hydrogen-bond donors (Lipinski definition) is 1. The Morgan fingerprint density at radius 2 is 1.38 bits per heavy atom. The Bertz CT molecular complexity index is 1020. The lowest BCUT2D eigenvalue weighted by Gasteiger charge is -2.08. The SMILES string of the molecule is Cc1ccc(C2=Nc3ccc(F)cc3C(c3ccc(C)cc3)=NN2)cc1. The lowest BCUT2D eigenvalue weighted by atomic mass is 10.00. The Labute approximate surface area is 151 Å². The number of rotatable bonds is 2. The Balaban J connectivity index is 1.85. The van der Waals surface area contributed by atoms with Gasteiger partial charge in [-0.15, -0.1) is 0 Å². The Morgan fingerprint density at radius 1 is 0.769 bits per heavy atom. The summed E-state index contributed by atoms with van der Waals surface area (Å²) in [6.45, 7) is 4.07. The molecule has 1 N–H and O–H groups in total. The van der Waals surface area contributed by atoms with Gasteiger partial charge in [-0.3, -0.25) is 5.43 Å². The molecule has 0 aromatic heterocycles. The van der Waals surface area contributed by atoms with Crippen molar-refractivity contribution in [1.29, 1.82) is 0 Å². The van der Waals surface area contributed by atoms with E-state index < -0.39 is 0 Å². The summed E-state index contributed by atoms with van der Waals surface area (Å²) in [7, 11) is 0. The number of amidine groups is 1. The van der Waals surface area contributed by atoms with Gasteiger partial charge in [-0.25, -0.2) is 9.38 Å². The summed E-state index contributed by atoms with van der Waals surface area (Å²) in [6, 6.07) is 20.7. The van der Waals surface area contributed by atoms with Gasteiger partial charge in [0.05, 0.1) is 5.69 Å². The van der Waals surface area contributed by atoms with Crippen molar-refractivity contribution < 1.29 is 4.39 Å². The molecule has 0 unspecified atom stereocenters. The van der Waals surface area contributed by atoms with Crippen LogP contribution < -0.4 is 5.43 Å². The molecular formula is C22H18FN3. The molecule has 1 aliphatic rings. The van der Waals surface area contributed by atoms with Crippen molar-refractivity contribution in [2.24, 2.45) is 10.1 Å². The largest absolute Gasteiger partial charge is 0.260 e. The average molecular weight is 343 g/mol. The number of hydrazone groups is 1. The summed E-state index contributed by atoms with van der Waals surface area (Å²) >= 11 is 0. The highest BCUT2D eigenvalue weighted by molar-refractivity contribution is 6.18. The van der Waals surface area contributed by atoms with Crippen LogP contribution in [-0.2, 0) is 0 Å². The number of halogens is 1. The fraction of sp³-hybridized carbons (Fsp3) is 0.0909. The molecule has 0 bridgehead atoms. The highest BCUT2D eigenvalue weighted by atomic mass is 19.1. The minimum atomic E-state index is -0.308. The van der Waals surface area contributed by atoms with Gasteiger partial charge in [0.1, 0.15) is 11.5 Å². The van der Waals surface area contributed by atoms with E-state index in [1.807, 2.05) is 62.4 Å². The van der Waals surface area contributed by atoms with Crippen LogP contribution in [0.4, 0.5) is 10.1 Å². The summed E-state index contributed by atoms with van der Waals surface area (Å²) in [5.41, 5.74) is 9.27. The first-order chi connectivity index (χ1) is 12.6. The molecule has 4 heteroatoms. The molecule has 3 aromatic rings. The highest BCUT2D eigenvalue weighted by Gasteiger charge is 2.18. The van der Waals surface area contributed by atoms with Crippen molar-refractivity contribution in [2.75, 3.05) is 0 Å². The van der Waals surface area contributed by atoms with Gasteiger partial charge in [0.15, 0.2) is 5.84 Å². The first-order valence-electron chi connectivity index (χ1n) is 8.46. The molecule has 3 aromatic carbocycles. The molecule has 4 rings (SSSR count). The van der Waals surface area contributed by atoms with Gasteiger partial charge in [-0.2, -0.15) is 5.10 Å². The summed E-state index contributed by atoms with van der Waals surface area (Å²) in [6.07, 6.45) is 0. The number of aryl methyl sites for hydroxylation is 2. The molecule has 128 valence electrons. The van der Waals surface area contributed by atoms with Crippen molar-refractivity contribution in [3.05, 3.63) is 100 Å². The molecule has 26 heavy (non-hydrogen) atoms. The van der Waals surface area contributed by atoms with Crippen molar-refractivity contribution in [2.45, 2.75) is 13.8 Å². The van der Waals surface area contributed by atoms with Crippen molar-refractivity contribution in [1.82, 2.24) is 5.43 Å². The van der Waals surface area contributed by atoms with Gasteiger partial charge < -0.3 is 0 Å². The maximum atomic E-state index is 13.9. The van der Waals surface area contributed by atoms with Crippen LogP contribution in [0.25, 0.3) is 0 Å².